The van der Waals surface area contributed by atoms with Gasteiger partial charge < -0.3 is 10.6 Å². The van der Waals surface area contributed by atoms with Crippen molar-refractivity contribution < 1.29 is 13.2 Å². The van der Waals surface area contributed by atoms with Gasteiger partial charge in [0, 0.05) is 30.4 Å². The van der Waals surface area contributed by atoms with Crippen LogP contribution in [0.3, 0.4) is 0 Å². The molecule has 0 amide bonds. The molecule has 1 aliphatic heterocycles. The van der Waals surface area contributed by atoms with E-state index in [1.54, 1.807) is 4.90 Å². The molecule has 1 saturated heterocycles. The van der Waals surface area contributed by atoms with Crippen LogP contribution in [0.1, 0.15) is 36.2 Å². The van der Waals surface area contributed by atoms with Crippen molar-refractivity contribution in [3.63, 3.8) is 0 Å². The Balaban J connectivity index is 2.04. The molecular weight excluding hydrogens is 269 g/mol. The van der Waals surface area contributed by atoms with Crippen LogP contribution >= 0.6 is 0 Å². The Kier molecular flexibility index (Phi) is 3.32. The second kappa shape index (κ2) is 4.87. The fourth-order valence-electron chi connectivity index (χ4n) is 2.93. The number of fused-ring (bicyclic) bond motifs is 1. The molecule has 0 saturated carbocycles. The van der Waals surface area contributed by atoms with E-state index in [9.17, 15) is 13.2 Å². The maximum atomic E-state index is 13.2. The van der Waals surface area contributed by atoms with Crippen LogP contribution in [-0.4, -0.2) is 29.1 Å². The lowest BCUT2D eigenvalue weighted by atomic mass is 9.94. The van der Waals surface area contributed by atoms with Crippen molar-refractivity contribution in [1.29, 1.82) is 0 Å². The molecule has 2 heterocycles. The van der Waals surface area contributed by atoms with E-state index < -0.39 is 11.9 Å². The third kappa shape index (κ3) is 2.46. The summed E-state index contributed by atoms with van der Waals surface area (Å²) in [6, 6.07) is -0.0102. The van der Waals surface area contributed by atoms with Crippen LogP contribution in [0.2, 0.25) is 0 Å². The zero-order chi connectivity index (χ0) is 14.3. The molecule has 0 aromatic carbocycles. The van der Waals surface area contributed by atoms with Gasteiger partial charge in [0.2, 0.25) is 5.95 Å². The van der Waals surface area contributed by atoms with Gasteiger partial charge in [0.25, 0.3) is 0 Å². The number of hydrogen-bond donors (Lipinski definition) is 1. The standard InChI is InChI=1S/C13H17F3N4/c14-13(15,16)11-9-3-1-2-4-10(9)18-12(19-11)20-6-5-8(17)7-20/h8H,1-7,17H2. The Labute approximate surface area is 115 Å². The summed E-state index contributed by atoms with van der Waals surface area (Å²) in [6.45, 7) is 1.15. The van der Waals surface area contributed by atoms with Crippen molar-refractivity contribution in [3.8, 4) is 0 Å². The Morgan fingerprint density at radius 3 is 2.55 bits per heavy atom. The molecule has 7 heteroatoms. The maximum absolute atomic E-state index is 13.2. The lowest BCUT2D eigenvalue weighted by molar-refractivity contribution is -0.142. The number of aryl methyl sites for hydroxylation is 1. The van der Waals surface area contributed by atoms with E-state index in [0.717, 1.165) is 19.3 Å². The molecule has 2 aliphatic rings. The zero-order valence-corrected chi connectivity index (χ0v) is 11.1. The number of nitrogens with two attached hydrogens (primary N) is 1. The second-order valence-corrected chi connectivity index (χ2v) is 5.50. The average Bonchev–Trinajstić information content (AvgIpc) is 2.83. The maximum Gasteiger partial charge on any atom is 0.433 e. The fourth-order valence-corrected chi connectivity index (χ4v) is 2.93. The van der Waals surface area contributed by atoms with E-state index in [4.69, 9.17) is 5.73 Å². The van der Waals surface area contributed by atoms with Crippen molar-refractivity contribution in [2.45, 2.75) is 44.3 Å². The van der Waals surface area contributed by atoms with E-state index in [2.05, 4.69) is 9.97 Å². The molecule has 1 aromatic heterocycles. The van der Waals surface area contributed by atoms with Crippen molar-refractivity contribution in [1.82, 2.24) is 9.97 Å². The molecular formula is C13H17F3N4. The van der Waals surface area contributed by atoms with E-state index in [1.807, 2.05) is 0 Å². The number of nitrogens with zero attached hydrogens (tertiary/aromatic N) is 3. The van der Waals surface area contributed by atoms with Gasteiger partial charge in [0.05, 0.1) is 0 Å². The first kappa shape index (κ1) is 13.6. The number of halogens is 3. The smallest absolute Gasteiger partial charge is 0.339 e. The van der Waals surface area contributed by atoms with Gasteiger partial charge in [-0.05, 0) is 32.1 Å². The summed E-state index contributed by atoms with van der Waals surface area (Å²) in [6.07, 6.45) is -0.964. The van der Waals surface area contributed by atoms with Gasteiger partial charge in [-0.1, -0.05) is 0 Å². The minimum absolute atomic E-state index is 0.0102. The van der Waals surface area contributed by atoms with E-state index in [-0.39, 0.29) is 17.6 Å². The normalized spacial score (nSPS) is 23.0. The summed E-state index contributed by atoms with van der Waals surface area (Å²) in [5, 5.41) is 0. The topological polar surface area (TPSA) is 55.0 Å². The number of rotatable bonds is 1. The molecule has 20 heavy (non-hydrogen) atoms. The summed E-state index contributed by atoms with van der Waals surface area (Å²) in [4.78, 5) is 9.93. The van der Waals surface area contributed by atoms with Crippen LogP contribution < -0.4 is 10.6 Å². The first-order valence-electron chi connectivity index (χ1n) is 6.92. The number of aromatic nitrogens is 2. The third-order valence-corrected chi connectivity index (χ3v) is 3.95. The average molecular weight is 286 g/mol. The Hall–Kier alpha value is -1.37. The van der Waals surface area contributed by atoms with E-state index in [1.165, 1.54) is 0 Å². The van der Waals surface area contributed by atoms with Crippen molar-refractivity contribution >= 4 is 5.95 Å². The minimum atomic E-state index is -4.42. The first-order chi connectivity index (χ1) is 9.45. The molecule has 1 unspecified atom stereocenters. The zero-order valence-electron chi connectivity index (χ0n) is 11.1. The summed E-state index contributed by atoms with van der Waals surface area (Å²) in [5.41, 5.74) is 5.90. The number of anilines is 1. The lowest BCUT2D eigenvalue weighted by Crippen LogP contribution is -2.29. The quantitative estimate of drug-likeness (QED) is 0.857. The number of hydrogen-bond acceptors (Lipinski definition) is 4. The molecule has 1 aliphatic carbocycles. The molecule has 0 radical (unpaired) electrons. The molecule has 0 bridgehead atoms. The van der Waals surface area contributed by atoms with E-state index in [0.29, 0.717) is 31.6 Å². The lowest BCUT2D eigenvalue weighted by Gasteiger charge is -2.23. The van der Waals surface area contributed by atoms with Gasteiger partial charge in [0.15, 0.2) is 5.69 Å². The van der Waals surface area contributed by atoms with Crippen LogP contribution in [0, 0.1) is 0 Å². The van der Waals surface area contributed by atoms with Crippen LogP contribution in [0.25, 0.3) is 0 Å². The van der Waals surface area contributed by atoms with Crippen molar-refractivity contribution in [2.24, 2.45) is 5.73 Å². The second-order valence-electron chi connectivity index (χ2n) is 5.50. The van der Waals surface area contributed by atoms with Crippen molar-refractivity contribution in [3.05, 3.63) is 17.0 Å². The molecule has 4 nitrogen and oxygen atoms in total. The third-order valence-electron chi connectivity index (χ3n) is 3.95. The van der Waals surface area contributed by atoms with Crippen LogP contribution in [0.4, 0.5) is 19.1 Å². The SMILES string of the molecule is NC1CCN(c2nc3c(c(C(F)(F)F)n2)CCCC3)C1. The van der Waals surface area contributed by atoms with E-state index >= 15 is 0 Å². The summed E-state index contributed by atoms with van der Waals surface area (Å²) in [5.74, 6) is 0.186. The van der Waals surface area contributed by atoms with Gasteiger partial charge in [-0.25, -0.2) is 9.97 Å². The highest BCUT2D eigenvalue weighted by atomic mass is 19.4. The van der Waals surface area contributed by atoms with Gasteiger partial charge in [0.1, 0.15) is 0 Å². The van der Waals surface area contributed by atoms with Gasteiger partial charge >= 0.3 is 6.18 Å². The number of alkyl halides is 3. The molecule has 2 N–H and O–H groups in total. The highest BCUT2D eigenvalue weighted by Crippen LogP contribution is 2.35. The van der Waals surface area contributed by atoms with Gasteiger partial charge in [-0.3, -0.25) is 0 Å². The Morgan fingerprint density at radius 1 is 1.15 bits per heavy atom. The van der Waals surface area contributed by atoms with Gasteiger partial charge in [-0.2, -0.15) is 13.2 Å². The molecule has 3 rings (SSSR count). The molecule has 110 valence electrons. The summed E-state index contributed by atoms with van der Waals surface area (Å²) in [7, 11) is 0. The highest BCUT2D eigenvalue weighted by Gasteiger charge is 2.38. The van der Waals surface area contributed by atoms with Crippen LogP contribution in [-0.2, 0) is 19.0 Å². The van der Waals surface area contributed by atoms with Gasteiger partial charge in [-0.15, -0.1) is 0 Å². The Bertz CT molecular complexity index is 515. The minimum Gasteiger partial charge on any atom is -0.339 e. The van der Waals surface area contributed by atoms with Crippen LogP contribution in [0.5, 0.6) is 0 Å². The summed E-state index contributed by atoms with van der Waals surface area (Å²) < 4.78 is 39.6. The fraction of sp³-hybridized carbons (Fsp3) is 0.692. The van der Waals surface area contributed by atoms with Crippen LogP contribution in [0.15, 0.2) is 0 Å². The predicted molar refractivity (Wildman–Crippen MR) is 68.5 cm³/mol. The monoisotopic (exact) mass is 286 g/mol. The predicted octanol–water partition coefficient (Wildman–Crippen LogP) is 1.91. The molecule has 1 aromatic rings. The molecule has 0 spiro atoms. The largest absolute Gasteiger partial charge is 0.433 e. The molecule has 1 fully saturated rings. The first-order valence-corrected chi connectivity index (χ1v) is 6.92. The Morgan fingerprint density at radius 2 is 1.90 bits per heavy atom. The van der Waals surface area contributed by atoms with Crippen molar-refractivity contribution in [2.75, 3.05) is 18.0 Å². The summed E-state index contributed by atoms with van der Waals surface area (Å²) >= 11 is 0. The molecule has 1 atom stereocenters. The highest BCUT2D eigenvalue weighted by molar-refractivity contribution is 5.40.